The third-order valence-electron chi connectivity index (χ3n) is 4.38. The molecule has 30 heavy (non-hydrogen) atoms. The zero-order chi connectivity index (χ0) is 21.9. The number of aryl methyl sites for hydroxylation is 1. The Labute approximate surface area is 179 Å². The summed E-state index contributed by atoms with van der Waals surface area (Å²) < 4.78 is 32.6. The zero-order valence-corrected chi connectivity index (χ0v) is 18.4. The minimum atomic E-state index is -3.93. The largest absolute Gasteiger partial charge is 0.497 e. The Morgan fingerprint density at radius 1 is 1.17 bits per heavy atom. The third kappa shape index (κ3) is 4.44. The number of amides is 1. The highest BCUT2D eigenvalue weighted by Crippen LogP contribution is 2.34. The average molecular weight is 447 g/mol. The molecule has 0 aliphatic rings. The van der Waals surface area contributed by atoms with Gasteiger partial charge in [-0.1, -0.05) is 17.7 Å². The first kappa shape index (κ1) is 21.7. The summed E-state index contributed by atoms with van der Waals surface area (Å²) in [5.41, 5.74) is 7.83. The van der Waals surface area contributed by atoms with Crippen LogP contribution in [0.25, 0.3) is 0 Å². The monoisotopic (exact) mass is 446 g/mol. The van der Waals surface area contributed by atoms with Crippen LogP contribution in [-0.4, -0.2) is 37.5 Å². The van der Waals surface area contributed by atoms with Gasteiger partial charge in [-0.3, -0.25) is 4.79 Å². The quantitative estimate of drug-likeness (QED) is 0.536. The minimum absolute atomic E-state index is 0.0638. The summed E-state index contributed by atoms with van der Waals surface area (Å²) in [5, 5.41) is 7.22. The van der Waals surface area contributed by atoms with Crippen molar-refractivity contribution in [2.45, 2.75) is 28.3 Å². The van der Waals surface area contributed by atoms with E-state index in [1.165, 1.54) is 23.9 Å². The number of ether oxygens (including phenoxy) is 1. The number of nitrogens with one attached hydrogen (secondary N) is 1. The molecule has 3 N–H and O–H groups in total. The molecule has 3 rings (SSSR count). The lowest BCUT2D eigenvalue weighted by atomic mass is 10.2. The van der Waals surface area contributed by atoms with Crippen molar-refractivity contribution in [3.05, 3.63) is 54.1 Å². The summed E-state index contributed by atoms with van der Waals surface area (Å²) in [7, 11) is -2.43. The van der Waals surface area contributed by atoms with Crippen LogP contribution in [0.2, 0.25) is 0 Å². The van der Waals surface area contributed by atoms with Crippen LogP contribution in [0.15, 0.2) is 63.3 Å². The molecule has 0 spiro atoms. The Hall–Kier alpha value is -2.98. The number of hydrogen-bond donors (Lipinski definition) is 2. The highest BCUT2D eigenvalue weighted by Gasteiger charge is 2.29. The summed E-state index contributed by atoms with van der Waals surface area (Å²) in [6.07, 6.45) is 1.70. The van der Waals surface area contributed by atoms with Crippen LogP contribution in [-0.2, 0) is 21.2 Å². The molecule has 0 aliphatic heterocycles. The highest BCUT2D eigenvalue weighted by molar-refractivity contribution is 7.99. The fraction of sp³-hybridized carbons (Fsp3) is 0.200. The van der Waals surface area contributed by atoms with Gasteiger partial charge >= 0.3 is 0 Å². The van der Waals surface area contributed by atoms with Gasteiger partial charge in [0.05, 0.1) is 12.0 Å². The van der Waals surface area contributed by atoms with Gasteiger partial charge in [0.1, 0.15) is 28.0 Å². The molecule has 0 unspecified atom stereocenters. The molecule has 0 saturated heterocycles. The Balaban J connectivity index is 1.89. The van der Waals surface area contributed by atoms with Gasteiger partial charge in [-0.05, 0) is 49.6 Å². The number of nitrogens with two attached hydrogens (primary N) is 1. The first-order valence-corrected chi connectivity index (χ1v) is 11.6. The van der Waals surface area contributed by atoms with Crippen LogP contribution in [0.3, 0.4) is 0 Å². The number of thioether (sulfide) groups is 1. The van der Waals surface area contributed by atoms with Crippen LogP contribution in [0.1, 0.15) is 5.56 Å². The Kier molecular flexibility index (Phi) is 6.37. The fourth-order valence-corrected chi connectivity index (χ4v) is 5.22. The number of carbonyl (C=O) groups excluding carboxylic acids is 1. The number of rotatable bonds is 7. The Bertz CT molecular complexity index is 1150. The van der Waals surface area contributed by atoms with Crippen molar-refractivity contribution >= 4 is 39.0 Å². The van der Waals surface area contributed by atoms with Crippen LogP contribution in [0.5, 0.6) is 5.75 Å². The molecule has 8 nitrogen and oxygen atoms in total. The van der Waals surface area contributed by atoms with Crippen LogP contribution in [0, 0.1) is 6.92 Å². The number of sulfone groups is 1. The molecule has 1 heterocycles. The van der Waals surface area contributed by atoms with Crippen molar-refractivity contribution in [1.29, 1.82) is 0 Å². The van der Waals surface area contributed by atoms with Gasteiger partial charge in [-0.25, -0.2) is 13.1 Å². The SMILES string of the molecule is COc1ccc(S(=O)(=O)c2c(SC)nn(CC(=O)Nc3ccc(C)cc3)c2N)cc1. The van der Waals surface area contributed by atoms with Gasteiger partial charge in [0, 0.05) is 5.69 Å². The van der Waals surface area contributed by atoms with Gasteiger partial charge < -0.3 is 15.8 Å². The molecule has 0 bridgehead atoms. The summed E-state index contributed by atoms with van der Waals surface area (Å²) in [4.78, 5) is 12.4. The maximum atomic E-state index is 13.2. The normalized spacial score (nSPS) is 11.3. The first-order valence-electron chi connectivity index (χ1n) is 8.92. The van der Waals surface area contributed by atoms with Crippen molar-refractivity contribution in [2.24, 2.45) is 0 Å². The number of hydrogen-bond acceptors (Lipinski definition) is 7. The summed E-state index contributed by atoms with van der Waals surface area (Å²) in [5.74, 6) is 0.0822. The number of carbonyl (C=O) groups is 1. The van der Waals surface area contributed by atoms with E-state index in [9.17, 15) is 13.2 Å². The average Bonchev–Trinajstić information content (AvgIpc) is 3.05. The van der Waals surface area contributed by atoms with Crippen LogP contribution >= 0.6 is 11.8 Å². The molecule has 2 aromatic carbocycles. The van der Waals surface area contributed by atoms with Crippen molar-refractivity contribution in [2.75, 3.05) is 24.4 Å². The number of nitrogen functional groups attached to an aromatic ring is 1. The predicted molar refractivity (Wildman–Crippen MR) is 117 cm³/mol. The van der Waals surface area contributed by atoms with Crippen molar-refractivity contribution in [3.8, 4) is 5.75 Å². The van der Waals surface area contributed by atoms with Gasteiger partial charge in [0.2, 0.25) is 15.7 Å². The molecule has 0 atom stereocenters. The topological polar surface area (TPSA) is 116 Å². The van der Waals surface area contributed by atoms with Gasteiger partial charge in [-0.2, -0.15) is 5.10 Å². The lowest BCUT2D eigenvalue weighted by molar-refractivity contribution is -0.116. The predicted octanol–water partition coefficient (Wildman–Crippen LogP) is 2.98. The standard InChI is InChI=1S/C20H22N4O4S2/c1-13-4-6-14(7-5-13)22-17(25)12-24-19(21)18(20(23-24)29-3)30(26,27)16-10-8-15(28-2)9-11-16/h4-11H,12,21H2,1-3H3,(H,22,25). The Morgan fingerprint density at radius 3 is 2.37 bits per heavy atom. The number of anilines is 2. The maximum absolute atomic E-state index is 13.2. The van der Waals surface area contributed by atoms with E-state index in [4.69, 9.17) is 10.5 Å². The molecule has 1 amide bonds. The zero-order valence-electron chi connectivity index (χ0n) is 16.7. The minimum Gasteiger partial charge on any atom is -0.497 e. The molecule has 0 aliphatic carbocycles. The molecule has 10 heteroatoms. The molecule has 0 saturated carbocycles. The van der Waals surface area contributed by atoms with Crippen molar-refractivity contribution in [3.63, 3.8) is 0 Å². The van der Waals surface area contributed by atoms with Gasteiger partial charge in [-0.15, -0.1) is 11.8 Å². The fourth-order valence-electron chi connectivity index (χ4n) is 2.79. The van der Waals surface area contributed by atoms with Gasteiger partial charge in [0.25, 0.3) is 0 Å². The van der Waals surface area contributed by atoms with Crippen molar-refractivity contribution in [1.82, 2.24) is 9.78 Å². The van der Waals surface area contributed by atoms with Gasteiger partial charge in [0.15, 0.2) is 0 Å². The van der Waals surface area contributed by atoms with E-state index in [1.54, 1.807) is 30.5 Å². The van der Waals surface area contributed by atoms with E-state index >= 15 is 0 Å². The lowest BCUT2D eigenvalue weighted by Crippen LogP contribution is -2.21. The number of aromatic nitrogens is 2. The molecule has 3 aromatic rings. The molecular formula is C20H22N4O4S2. The second-order valence-electron chi connectivity index (χ2n) is 6.47. The summed E-state index contributed by atoms with van der Waals surface area (Å²) in [6.45, 7) is 1.73. The van der Waals surface area contributed by atoms with Crippen LogP contribution in [0.4, 0.5) is 11.5 Å². The summed E-state index contributed by atoms with van der Waals surface area (Å²) >= 11 is 1.14. The third-order valence-corrected chi connectivity index (χ3v) is 7.01. The lowest BCUT2D eigenvalue weighted by Gasteiger charge is -2.08. The smallest absolute Gasteiger partial charge is 0.246 e. The molecule has 1 aromatic heterocycles. The second-order valence-corrected chi connectivity index (χ2v) is 9.16. The molecule has 158 valence electrons. The van der Waals surface area contributed by atoms with E-state index in [2.05, 4.69) is 10.4 Å². The Morgan fingerprint density at radius 2 is 1.80 bits per heavy atom. The molecular weight excluding hydrogens is 424 g/mol. The summed E-state index contributed by atoms with van der Waals surface area (Å²) in [6, 6.07) is 13.3. The maximum Gasteiger partial charge on any atom is 0.246 e. The number of benzene rings is 2. The molecule has 0 radical (unpaired) electrons. The van der Waals surface area contributed by atoms with E-state index in [0.29, 0.717) is 11.4 Å². The highest BCUT2D eigenvalue weighted by atomic mass is 32.2. The van der Waals surface area contributed by atoms with E-state index in [1.807, 2.05) is 19.1 Å². The number of nitrogens with zero attached hydrogens (tertiary/aromatic N) is 2. The van der Waals surface area contributed by atoms with E-state index in [0.717, 1.165) is 17.3 Å². The number of methoxy groups -OCH3 is 1. The second kappa shape index (κ2) is 8.80. The van der Waals surface area contributed by atoms with E-state index < -0.39 is 9.84 Å². The molecule has 0 fully saturated rings. The van der Waals surface area contributed by atoms with Crippen LogP contribution < -0.4 is 15.8 Å². The van der Waals surface area contributed by atoms with E-state index in [-0.39, 0.29) is 33.1 Å². The van der Waals surface area contributed by atoms with Crippen molar-refractivity contribution < 1.29 is 17.9 Å². The first-order chi connectivity index (χ1) is 14.3.